The van der Waals surface area contributed by atoms with Gasteiger partial charge in [0.25, 0.3) is 0 Å². The molecule has 0 bridgehead atoms. The van der Waals surface area contributed by atoms with Crippen LogP contribution in [0.1, 0.15) is 32.2 Å². The van der Waals surface area contributed by atoms with Crippen LogP contribution in [-0.2, 0) is 0 Å². The summed E-state index contributed by atoms with van der Waals surface area (Å²) in [6, 6.07) is 31.1. The fourth-order valence-electron chi connectivity index (χ4n) is 10.5. The molecule has 4 aromatic heterocycles. The second kappa shape index (κ2) is 21.6. The average Bonchev–Trinajstić information content (AvgIpc) is 1.75. The van der Waals surface area contributed by atoms with Crippen LogP contribution in [0.15, 0.2) is 161 Å². The highest BCUT2D eigenvalue weighted by molar-refractivity contribution is 6.22. The molecule has 0 amide bonds. The molecule has 0 atom stereocenters. The number of hydrogen-bond acceptors (Lipinski definition) is 21. The second-order valence-corrected chi connectivity index (χ2v) is 19.5. The van der Waals surface area contributed by atoms with Crippen LogP contribution in [-0.4, -0.2) is 84.9 Å². The molecule has 21 nitrogen and oxygen atoms in total. The molecule has 0 radical (unpaired) electrons. The summed E-state index contributed by atoms with van der Waals surface area (Å²) >= 11 is 0. The summed E-state index contributed by atoms with van der Waals surface area (Å²) in [6.45, 7) is 0. The summed E-state index contributed by atoms with van der Waals surface area (Å²) in [5, 5.41) is 67.4. The molecular formula is C66H46O21. The summed E-state index contributed by atoms with van der Waals surface area (Å²) in [4.78, 5) is 57.8. The number of benzene rings is 8. The molecule has 21 heteroatoms. The molecule has 0 aliphatic rings. The van der Waals surface area contributed by atoms with Gasteiger partial charge < -0.3 is 81.5 Å². The predicted octanol–water partition coefficient (Wildman–Crippen LogP) is 12.6. The van der Waals surface area contributed by atoms with Gasteiger partial charge in [-0.1, -0.05) is 24.3 Å². The third-order valence-corrected chi connectivity index (χ3v) is 14.6. The summed E-state index contributed by atoms with van der Waals surface area (Å²) in [5.74, 6) is -5.01. The standard InChI is InChI=1S/C66H46O21/c1-77-33-13-7-29(8-14-33)53-59-51(27-49-57(61(59)73)41(71)25-43(84-49)31-11-17-37(67)45(19-31)79-3)86-65(53)63(75)55-39(69)21-35(23-47(55)81-5)83-36-22-40(70)56(48(24-36)82-6)64(76)66-54(30-9-15-34(78-2)16-10-30)60-52(87-66)28-50-58(62(60)74)42(72)26-44(85-50)32-12-18-38(68)46(20-32)80-4/h7-28,67-70,73-74H,1-6H3. The number of ketones is 2. The normalized spacial score (nSPS) is 11.3. The lowest BCUT2D eigenvalue weighted by Crippen LogP contribution is -2.06. The van der Waals surface area contributed by atoms with Gasteiger partial charge in [-0.05, 0) is 71.8 Å². The average molecular weight is 1180 g/mol. The number of phenolic OH excluding ortho intramolecular Hbond substituents is 6. The molecule has 87 heavy (non-hydrogen) atoms. The zero-order chi connectivity index (χ0) is 61.3. The maximum atomic E-state index is 15.0. The molecule has 436 valence electrons. The fraction of sp³-hybridized carbons (Fsp3) is 0.0909. The topological polar surface area (TPSA) is 307 Å². The highest BCUT2D eigenvalue weighted by Gasteiger charge is 2.34. The predicted molar refractivity (Wildman–Crippen MR) is 315 cm³/mol. The Kier molecular flexibility index (Phi) is 13.8. The lowest BCUT2D eigenvalue weighted by Gasteiger charge is -2.15. The Balaban J connectivity index is 0.920. The Hall–Kier alpha value is -12.0. The molecule has 0 saturated carbocycles. The van der Waals surface area contributed by atoms with Crippen molar-refractivity contribution in [1.82, 2.24) is 0 Å². The maximum Gasteiger partial charge on any atom is 0.236 e. The molecule has 12 rings (SSSR count). The molecule has 0 spiro atoms. The van der Waals surface area contributed by atoms with Crippen molar-refractivity contribution in [2.45, 2.75) is 0 Å². The Morgan fingerprint density at radius 3 is 1.06 bits per heavy atom. The van der Waals surface area contributed by atoms with Crippen LogP contribution in [0.3, 0.4) is 0 Å². The van der Waals surface area contributed by atoms with Crippen LogP contribution in [0.25, 0.3) is 88.8 Å². The molecule has 12 aromatic rings. The van der Waals surface area contributed by atoms with Gasteiger partial charge in [0.2, 0.25) is 11.6 Å². The highest BCUT2D eigenvalue weighted by atomic mass is 16.5. The number of hydrogen-bond donors (Lipinski definition) is 6. The summed E-state index contributed by atoms with van der Waals surface area (Å²) in [7, 11) is 8.11. The van der Waals surface area contributed by atoms with Crippen molar-refractivity contribution in [3.8, 4) is 125 Å². The van der Waals surface area contributed by atoms with Gasteiger partial charge in [0, 0.05) is 70.8 Å². The van der Waals surface area contributed by atoms with Gasteiger partial charge in [-0.3, -0.25) is 19.2 Å². The van der Waals surface area contributed by atoms with Crippen LogP contribution in [0, 0.1) is 0 Å². The monoisotopic (exact) mass is 1170 g/mol. The summed E-state index contributed by atoms with van der Waals surface area (Å²) in [6.07, 6.45) is 0. The first kappa shape index (κ1) is 55.5. The molecule has 0 saturated heterocycles. The first-order valence-corrected chi connectivity index (χ1v) is 26.1. The Labute approximate surface area is 489 Å². The Morgan fingerprint density at radius 2 is 0.701 bits per heavy atom. The summed E-state index contributed by atoms with van der Waals surface area (Å²) in [5.41, 5.74) is -1.12. The van der Waals surface area contributed by atoms with Gasteiger partial charge in [-0.15, -0.1) is 0 Å². The zero-order valence-corrected chi connectivity index (χ0v) is 46.5. The highest BCUT2D eigenvalue weighted by Crippen LogP contribution is 2.50. The molecule has 0 aliphatic heterocycles. The number of methoxy groups -OCH3 is 6. The summed E-state index contributed by atoms with van der Waals surface area (Å²) < 4.78 is 63.5. The molecular weight excluding hydrogens is 1130 g/mol. The number of furan rings is 2. The number of carbonyl (C=O) groups excluding carboxylic acids is 2. The zero-order valence-electron chi connectivity index (χ0n) is 46.5. The van der Waals surface area contributed by atoms with E-state index in [2.05, 4.69) is 0 Å². The van der Waals surface area contributed by atoms with E-state index in [1.54, 1.807) is 48.5 Å². The first-order valence-electron chi connectivity index (χ1n) is 26.1. The third-order valence-electron chi connectivity index (χ3n) is 14.6. The number of rotatable bonds is 16. The lowest BCUT2D eigenvalue weighted by molar-refractivity contribution is 0.0998. The second-order valence-electron chi connectivity index (χ2n) is 19.5. The van der Waals surface area contributed by atoms with E-state index >= 15 is 9.59 Å². The fourth-order valence-corrected chi connectivity index (χ4v) is 10.5. The van der Waals surface area contributed by atoms with E-state index in [-0.39, 0.29) is 113 Å². The number of phenols is 6. The van der Waals surface area contributed by atoms with E-state index < -0.39 is 68.1 Å². The van der Waals surface area contributed by atoms with E-state index in [0.29, 0.717) is 33.8 Å². The number of aromatic hydroxyl groups is 6. The van der Waals surface area contributed by atoms with E-state index in [0.717, 1.165) is 24.3 Å². The van der Waals surface area contributed by atoms with Gasteiger partial charge in [-0.25, -0.2) is 0 Å². The largest absolute Gasteiger partial charge is 0.507 e. The van der Waals surface area contributed by atoms with Gasteiger partial charge in [0.05, 0.1) is 53.4 Å². The molecule has 8 aromatic carbocycles. The van der Waals surface area contributed by atoms with Gasteiger partial charge in [-0.2, -0.15) is 0 Å². The van der Waals surface area contributed by atoms with Gasteiger partial charge in [0.15, 0.2) is 45.4 Å². The lowest BCUT2D eigenvalue weighted by atomic mass is 9.95. The van der Waals surface area contributed by atoms with Crippen LogP contribution < -0.4 is 44.0 Å². The smallest absolute Gasteiger partial charge is 0.236 e. The van der Waals surface area contributed by atoms with Crippen LogP contribution in [0.5, 0.6) is 80.5 Å². The quantitative estimate of drug-likeness (QED) is 0.0490. The number of fused-ring (bicyclic) bond motifs is 4. The van der Waals surface area contributed by atoms with Crippen molar-refractivity contribution in [2.24, 2.45) is 0 Å². The van der Waals surface area contributed by atoms with Crippen molar-refractivity contribution in [3.63, 3.8) is 0 Å². The van der Waals surface area contributed by atoms with Crippen molar-refractivity contribution < 1.29 is 91.1 Å². The van der Waals surface area contributed by atoms with E-state index in [1.807, 2.05) is 0 Å². The molecule has 0 unspecified atom stereocenters. The number of ether oxygens (including phenoxy) is 7. The van der Waals surface area contributed by atoms with Crippen LogP contribution >= 0.6 is 0 Å². The minimum atomic E-state index is -0.941. The van der Waals surface area contributed by atoms with E-state index in [9.17, 15) is 40.2 Å². The molecule has 6 N–H and O–H groups in total. The Morgan fingerprint density at radius 1 is 0.345 bits per heavy atom. The van der Waals surface area contributed by atoms with Crippen molar-refractivity contribution >= 4 is 55.4 Å². The SMILES string of the molecule is COc1ccc(-c2c(C(=O)c3c(O)cc(Oc4cc(O)c(C(=O)c5oc6cc7oc(-c8ccc(O)c(OC)c8)cc(=O)c7c(O)c6c5-c5ccc(OC)cc5)c(OC)c4)cc3OC)oc3cc4oc(-c5ccc(O)c(OC)c5)cc(=O)c4c(O)c23)cc1. The third kappa shape index (κ3) is 9.40. The van der Waals surface area contributed by atoms with E-state index in [4.69, 9.17) is 50.8 Å². The Bertz CT molecular complexity index is 4640. The van der Waals surface area contributed by atoms with E-state index in [1.165, 1.54) is 103 Å². The molecule has 0 aliphatic carbocycles. The molecule has 0 fully saturated rings. The van der Waals surface area contributed by atoms with Gasteiger partial charge >= 0.3 is 0 Å². The molecule has 4 heterocycles. The van der Waals surface area contributed by atoms with Crippen molar-refractivity contribution in [3.05, 3.63) is 177 Å². The van der Waals surface area contributed by atoms with Crippen molar-refractivity contribution in [2.75, 3.05) is 42.7 Å². The minimum absolute atomic E-state index is 0.0288. The van der Waals surface area contributed by atoms with Gasteiger partial charge in [0.1, 0.15) is 113 Å². The van der Waals surface area contributed by atoms with Crippen molar-refractivity contribution in [1.29, 1.82) is 0 Å². The first-order chi connectivity index (χ1) is 41.9. The van der Waals surface area contributed by atoms with Crippen LogP contribution in [0.2, 0.25) is 0 Å². The maximum absolute atomic E-state index is 15.0. The van der Waals surface area contributed by atoms with Crippen LogP contribution in [0.4, 0.5) is 0 Å². The number of carbonyl (C=O) groups is 2. The minimum Gasteiger partial charge on any atom is -0.507 e.